The van der Waals surface area contributed by atoms with Crippen molar-refractivity contribution in [2.75, 3.05) is 0 Å². The second-order valence-electron chi connectivity index (χ2n) is 8.18. The average molecular weight is 375 g/mol. The fourth-order valence-corrected chi connectivity index (χ4v) is 4.76. The van der Waals surface area contributed by atoms with E-state index >= 15 is 0 Å². The summed E-state index contributed by atoms with van der Waals surface area (Å²) in [5, 5.41) is 0.193. The highest BCUT2D eigenvalue weighted by molar-refractivity contribution is 6.30. The summed E-state index contributed by atoms with van der Waals surface area (Å²) in [4.78, 5) is 0. The third-order valence-electron chi connectivity index (χ3n) is 6.35. The van der Waals surface area contributed by atoms with Crippen molar-refractivity contribution in [2.24, 2.45) is 17.8 Å². The Balaban J connectivity index is 1.46. The first-order valence-corrected chi connectivity index (χ1v) is 10.9. The van der Waals surface area contributed by atoms with Crippen molar-refractivity contribution >= 4 is 17.2 Å². The second-order valence-corrected chi connectivity index (χ2v) is 8.58. The zero-order chi connectivity index (χ0) is 18.4. The maximum absolute atomic E-state index is 13.7. The van der Waals surface area contributed by atoms with Crippen molar-refractivity contribution in [3.05, 3.63) is 52.8 Å². The van der Waals surface area contributed by atoms with Gasteiger partial charge in [-0.25, -0.2) is 4.39 Å². The molecule has 1 unspecified atom stereocenters. The molecule has 1 aromatic carbocycles. The van der Waals surface area contributed by atoms with E-state index in [0.717, 1.165) is 29.4 Å². The van der Waals surface area contributed by atoms with Gasteiger partial charge in [-0.2, -0.15) is 0 Å². The Labute approximate surface area is 163 Å². The van der Waals surface area contributed by atoms with E-state index in [0.29, 0.717) is 5.92 Å². The molecule has 0 saturated heterocycles. The third kappa shape index (κ3) is 5.22. The Kier molecular flexibility index (Phi) is 7.37. The van der Waals surface area contributed by atoms with Gasteiger partial charge in [0.1, 0.15) is 5.82 Å². The van der Waals surface area contributed by atoms with Gasteiger partial charge < -0.3 is 0 Å². The van der Waals surface area contributed by atoms with Crippen LogP contribution in [0.1, 0.15) is 76.7 Å². The van der Waals surface area contributed by atoms with Crippen molar-refractivity contribution in [3.8, 4) is 0 Å². The molecule has 0 aromatic heterocycles. The zero-order valence-electron chi connectivity index (χ0n) is 16.0. The van der Waals surface area contributed by atoms with Crippen LogP contribution in [0.4, 0.5) is 4.39 Å². The van der Waals surface area contributed by atoms with Crippen LogP contribution in [0.5, 0.6) is 0 Å². The lowest BCUT2D eigenvalue weighted by molar-refractivity contribution is 0.218. The van der Waals surface area contributed by atoms with Crippen molar-refractivity contribution in [1.29, 1.82) is 0 Å². The Hall–Kier alpha value is -1.08. The van der Waals surface area contributed by atoms with E-state index < -0.39 is 0 Å². The van der Waals surface area contributed by atoms with Crippen LogP contribution in [0, 0.1) is 23.6 Å². The minimum atomic E-state index is -0.335. The van der Waals surface area contributed by atoms with Crippen molar-refractivity contribution in [1.82, 2.24) is 0 Å². The molecular formula is C24H32ClF. The molecule has 0 aliphatic heterocycles. The van der Waals surface area contributed by atoms with Gasteiger partial charge in [0.15, 0.2) is 0 Å². The molecule has 2 aliphatic rings. The van der Waals surface area contributed by atoms with Gasteiger partial charge in [-0.3, -0.25) is 0 Å². The molecule has 3 rings (SSSR count). The van der Waals surface area contributed by atoms with Crippen molar-refractivity contribution in [2.45, 2.75) is 71.1 Å². The fraction of sp³-hybridized carbons (Fsp3) is 0.583. The van der Waals surface area contributed by atoms with E-state index in [1.54, 1.807) is 12.1 Å². The number of hydrogen-bond donors (Lipinski definition) is 0. The van der Waals surface area contributed by atoms with Gasteiger partial charge in [0.05, 0.1) is 5.02 Å². The molecule has 0 spiro atoms. The SMILES string of the molecule is CCCCCC[C@H]1CC[C@H](C2C=CC(c3ccc(Cl)c(F)c3)=CC2)CC1. The maximum atomic E-state index is 13.7. The molecule has 2 heteroatoms. The molecule has 1 saturated carbocycles. The fourth-order valence-electron chi connectivity index (χ4n) is 4.64. The number of allylic oxidation sites excluding steroid dienone is 4. The van der Waals surface area contributed by atoms with Crippen LogP contribution >= 0.6 is 11.6 Å². The molecule has 0 bridgehead atoms. The molecule has 0 amide bonds. The van der Waals surface area contributed by atoms with Gasteiger partial charge in [-0.05, 0) is 60.3 Å². The van der Waals surface area contributed by atoms with Gasteiger partial charge in [-0.15, -0.1) is 0 Å². The van der Waals surface area contributed by atoms with Gasteiger partial charge in [0.25, 0.3) is 0 Å². The maximum Gasteiger partial charge on any atom is 0.142 e. The summed E-state index contributed by atoms with van der Waals surface area (Å²) in [6.45, 7) is 2.28. The third-order valence-corrected chi connectivity index (χ3v) is 6.66. The molecule has 0 N–H and O–H groups in total. The molecule has 26 heavy (non-hydrogen) atoms. The van der Waals surface area contributed by atoms with Crippen LogP contribution < -0.4 is 0 Å². The van der Waals surface area contributed by atoms with E-state index in [1.807, 2.05) is 6.07 Å². The zero-order valence-corrected chi connectivity index (χ0v) is 16.8. The van der Waals surface area contributed by atoms with Crippen LogP contribution in [-0.2, 0) is 0 Å². The summed E-state index contributed by atoms with van der Waals surface area (Å²) in [7, 11) is 0. The summed E-state index contributed by atoms with van der Waals surface area (Å²) in [6, 6.07) is 5.10. The smallest absolute Gasteiger partial charge is 0.142 e. The van der Waals surface area contributed by atoms with Crippen LogP contribution in [0.3, 0.4) is 0 Å². The highest BCUT2D eigenvalue weighted by atomic mass is 35.5. The van der Waals surface area contributed by atoms with Gasteiger partial charge in [0.2, 0.25) is 0 Å². The summed E-state index contributed by atoms with van der Waals surface area (Å²) < 4.78 is 13.7. The van der Waals surface area contributed by atoms with Gasteiger partial charge in [-0.1, -0.05) is 87.8 Å². The molecule has 1 fully saturated rings. The Morgan fingerprint density at radius 2 is 1.88 bits per heavy atom. The molecular weight excluding hydrogens is 343 g/mol. The molecule has 0 radical (unpaired) electrons. The van der Waals surface area contributed by atoms with E-state index in [4.69, 9.17) is 11.6 Å². The monoisotopic (exact) mass is 374 g/mol. The number of unbranched alkanes of at least 4 members (excludes halogenated alkanes) is 3. The Bertz CT molecular complexity index is 638. The number of rotatable bonds is 7. The quantitative estimate of drug-likeness (QED) is 0.421. The largest absolute Gasteiger partial charge is 0.205 e. The summed E-state index contributed by atoms with van der Waals surface area (Å²) in [6.07, 6.45) is 20.5. The Morgan fingerprint density at radius 3 is 2.54 bits per heavy atom. The number of hydrogen-bond acceptors (Lipinski definition) is 0. The van der Waals surface area contributed by atoms with E-state index in [9.17, 15) is 4.39 Å². The summed E-state index contributed by atoms with van der Waals surface area (Å²) >= 11 is 5.79. The van der Waals surface area contributed by atoms with Crippen molar-refractivity contribution in [3.63, 3.8) is 0 Å². The second kappa shape index (κ2) is 9.74. The molecule has 0 nitrogen and oxygen atoms in total. The first-order valence-electron chi connectivity index (χ1n) is 10.5. The highest BCUT2D eigenvalue weighted by Gasteiger charge is 2.26. The lowest BCUT2D eigenvalue weighted by atomic mass is 9.72. The number of benzene rings is 1. The lowest BCUT2D eigenvalue weighted by Gasteiger charge is -2.33. The van der Waals surface area contributed by atoms with E-state index in [2.05, 4.69) is 25.2 Å². The molecule has 142 valence electrons. The van der Waals surface area contributed by atoms with Crippen molar-refractivity contribution < 1.29 is 4.39 Å². The normalized spacial score (nSPS) is 26.0. The van der Waals surface area contributed by atoms with Crippen LogP contribution in [0.2, 0.25) is 5.02 Å². The molecule has 2 aliphatic carbocycles. The first-order chi connectivity index (χ1) is 12.7. The first kappa shape index (κ1) is 19.7. The van der Waals surface area contributed by atoms with E-state index in [-0.39, 0.29) is 10.8 Å². The summed E-state index contributed by atoms with van der Waals surface area (Å²) in [5.41, 5.74) is 2.05. The van der Waals surface area contributed by atoms with Crippen LogP contribution in [0.15, 0.2) is 36.4 Å². The molecule has 1 aromatic rings. The van der Waals surface area contributed by atoms with Gasteiger partial charge in [0, 0.05) is 0 Å². The standard InChI is InChI=1S/C24H32ClF/c1-2-3-4-5-6-18-7-9-19(10-8-18)20-11-13-21(14-12-20)22-15-16-23(25)24(26)17-22/h11,13-20H,2-10,12H2,1H3/t18-,19-,20?. The Morgan fingerprint density at radius 1 is 1.08 bits per heavy atom. The predicted molar refractivity (Wildman–Crippen MR) is 111 cm³/mol. The van der Waals surface area contributed by atoms with Gasteiger partial charge >= 0.3 is 0 Å². The average Bonchev–Trinajstić information content (AvgIpc) is 2.68. The lowest BCUT2D eigenvalue weighted by Crippen LogP contribution is -2.21. The molecule has 1 atom stereocenters. The summed E-state index contributed by atoms with van der Waals surface area (Å²) in [5.74, 6) is 2.13. The van der Waals surface area contributed by atoms with Crippen LogP contribution in [-0.4, -0.2) is 0 Å². The minimum Gasteiger partial charge on any atom is -0.205 e. The minimum absolute atomic E-state index is 0.193. The highest BCUT2D eigenvalue weighted by Crippen LogP contribution is 2.39. The topological polar surface area (TPSA) is 0 Å². The van der Waals surface area contributed by atoms with E-state index in [1.165, 1.54) is 57.8 Å². The van der Waals surface area contributed by atoms with Crippen LogP contribution in [0.25, 0.3) is 5.57 Å². The number of halogens is 2. The predicted octanol–water partition coefficient (Wildman–Crippen LogP) is 8.22. The molecule has 0 heterocycles.